The van der Waals surface area contributed by atoms with Crippen LogP contribution >= 0.6 is 0 Å². The quantitative estimate of drug-likeness (QED) is 0.744. The lowest BCUT2D eigenvalue weighted by molar-refractivity contribution is -0.142. The number of rotatable bonds is 1. The van der Waals surface area contributed by atoms with Gasteiger partial charge in [-0.1, -0.05) is 12.8 Å². The highest BCUT2D eigenvalue weighted by Crippen LogP contribution is 2.16. The average Bonchev–Trinajstić information content (AvgIpc) is 2.38. The molecule has 0 fully saturated rings. The third-order valence-corrected chi connectivity index (χ3v) is 3.53. The molecule has 1 aliphatic rings. The highest BCUT2D eigenvalue weighted by molar-refractivity contribution is 5.82. The van der Waals surface area contributed by atoms with Gasteiger partial charge in [-0.25, -0.2) is 4.79 Å². The summed E-state index contributed by atoms with van der Waals surface area (Å²) < 4.78 is 10.6. The van der Waals surface area contributed by atoms with E-state index in [1.54, 1.807) is 7.11 Å². The maximum atomic E-state index is 11.5. The number of cyclic esters (lactones) is 1. The van der Waals surface area contributed by atoms with Crippen molar-refractivity contribution in [2.75, 3.05) is 7.11 Å². The number of hydrogen-bond donors (Lipinski definition) is 1. The largest absolute Gasteiger partial charge is 0.460 e. The Morgan fingerprint density at radius 1 is 1.21 bits per heavy atom. The molecule has 0 radical (unpaired) electrons. The summed E-state index contributed by atoms with van der Waals surface area (Å²) in [6, 6.07) is 0. The van der Waals surface area contributed by atoms with Crippen LogP contribution in [0, 0.1) is 0 Å². The highest BCUT2D eigenvalue weighted by Gasteiger charge is 2.12. The molecule has 0 aromatic heterocycles. The summed E-state index contributed by atoms with van der Waals surface area (Å²) in [5, 5.41) is 9.77. The zero-order valence-corrected chi connectivity index (χ0v) is 12.0. The Kier molecular flexibility index (Phi) is 7.75. The molecule has 0 aliphatic carbocycles. The third kappa shape index (κ3) is 7.33. The van der Waals surface area contributed by atoms with Crippen molar-refractivity contribution in [1.82, 2.24) is 0 Å². The molecule has 0 saturated heterocycles. The first-order valence-electron chi connectivity index (χ1n) is 7.21. The molecular weight excluding hydrogens is 244 g/mol. The van der Waals surface area contributed by atoms with Gasteiger partial charge < -0.3 is 14.6 Å². The Morgan fingerprint density at radius 2 is 1.95 bits per heavy atom. The molecule has 4 nitrogen and oxygen atoms in total. The van der Waals surface area contributed by atoms with Gasteiger partial charge in [0.1, 0.15) is 0 Å². The van der Waals surface area contributed by atoms with Gasteiger partial charge in [-0.05, 0) is 45.1 Å². The normalized spacial score (nSPS) is 31.5. The van der Waals surface area contributed by atoms with Crippen molar-refractivity contribution in [3.05, 3.63) is 12.2 Å². The van der Waals surface area contributed by atoms with Gasteiger partial charge in [-0.15, -0.1) is 0 Å². The summed E-state index contributed by atoms with van der Waals surface area (Å²) in [5.74, 6) is -0.369. The van der Waals surface area contributed by atoms with Crippen molar-refractivity contribution >= 4 is 5.97 Å². The van der Waals surface area contributed by atoms with Crippen molar-refractivity contribution in [3.8, 4) is 0 Å². The zero-order chi connectivity index (χ0) is 14.1. The first-order valence-corrected chi connectivity index (χ1v) is 7.21. The van der Waals surface area contributed by atoms with E-state index in [0.717, 1.165) is 38.5 Å². The summed E-state index contributed by atoms with van der Waals surface area (Å²) in [7, 11) is 1.72. The molecule has 0 bridgehead atoms. The lowest BCUT2D eigenvalue weighted by atomic mass is 10.0. The Morgan fingerprint density at radius 3 is 2.68 bits per heavy atom. The molecule has 0 amide bonds. The Hall–Kier alpha value is -0.870. The maximum absolute atomic E-state index is 11.5. The standard InChI is InChI=1S/C15H26O4/c1-12-6-4-3-5-7-14(18-2)10-8-13(16)9-11-15(17)19-12/h9,11-14,16H,3-8,10H2,1-2H3. The van der Waals surface area contributed by atoms with Crippen LogP contribution in [0.5, 0.6) is 0 Å². The van der Waals surface area contributed by atoms with E-state index in [1.807, 2.05) is 6.92 Å². The molecule has 4 heteroatoms. The predicted octanol–water partition coefficient (Wildman–Crippen LogP) is 2.59. The van der Waals surface area contributed by atoms with Gasteiger partial charge in [-0.3, -0.25) is 0 Å². The lowest BCUT2D eigenvalue weighted by Gasteiger charge is -2.17. The van der Waals surface area contributed by atoms with Crippen LogP contribution in [0.3, 0.4) is 0 Å². The highest BCUT2D eigenvalue weighted by atomic mass is 16.5. The van der Waals surface area contributed by atoms with E-state index < -0.39 is 6.10 Å². The molecule has 3 atom stereocenters. The van der Waals surface area contributed by atoms with Crippen LogP contribution in [0.4, 0.5) is 0 Å². The lowest BCUT2D eigenvalue weighted by Crippen LogP contribution is -2.16. The SMILES string of the molecule is COC1CCCCCC(C)OC(=O)C=CC(O)CC1. The fourth-order valence-electron chi connectivity index (χ4n) is 2.30. The minimum atomic E-state index is -0.608. The van der Waals surface area contributed by atoms with Gasteiger partial charge >= 0.3 is 5.97 Å². The molecule has 0 saturated carbocycles. The smallest absolute Gasteiger partial charge is 0.330 e. The van der Waals surface area contributed by atoms with Crippen LogP contribution in [-0.2, 0) is 14.3 Å². The second-order valence-electron chi connectivity index (χ2n) is 5.25. The summed E-state index contributed by atoms with van der Waals surface area (Å²) in [4.78, 5) is 11.5. The number of hydrogen-bond acceptors (Lipinski definition) is 4. The van der Waals surface area contributed by atoms with Crippen molar-refractivity contribution in [1.29, 1.82) is 0 Å². The number of carbonyl (C=O) groups is 1. The van der Waals surface area contributed by atoms with Crippen molar-refractivity contribution in [3.63, 3.8) is 0 Å². The molecule has 1 rings (SSSR count). The average molecular weight is 270 g/mol. The Bertz CT molecular complexity index is 288. The summed E-state index contributed by atoms with van der Waals surface area (Å²) in [6.45, 7) is 1.91. The fourth-order valence-corrected chi connectivity index (χ4v) is 2.30. The summed E-state index contributed by atoms with van der Waals surface area (Å²) in [6.07, 6.45) is 9.02. The van der Waals surface area contributed by atoms with Gasteiger partial charge in [-0.2, -0.15) is 0 Å². The first-order chi connectivity index (χ1) is 9.11. The molecule has 3 unspecified atom stereocenters. The van der Waals surface area contributed by atoms with Crippen LogP contribution in [0.1, 0.15) is 51.9 Å². The number of aliphatic hydroxyl groups excluding tert-OH is 1. The van der Waals surface area contributed by atoms with E-state index in [4.69, 9.17) is 9.47 Å². The van der Waals surface area contributed by atoms with E-state index in [9.17, 15) is 9.90 Å². The second kappa shape index (κ2) is 9.10. The molecule has 0 spiro atoms. The monoisotopic (exact) mass is 270 g/mol. The van der Waals surface area contributed by atoms with E-state index >= 15 is 0 Å². The maximum Gasteiger partial charge on any atom is 0.330 e. The molecule has 19 heavy (non-hydrogen) atoms. The number of ether oxygens (including phenoxy) is 2. The van der Waals surface area contributed by atoms with Crippen LogP contribution < -0.4 is 0 Å². The number of methoxy groups -OCH3 is 1. The fraction of sp³-hybridized carbons (Fsp3) is 0.800. The minimum Gasteiger partial charge on any atom is -0.460 e. The van der Waals surface area contributed by atoms with Crippen molar-refractivity contribution < 1.29 is 19.4 Å². The minimum absolute atomic E-state index is 0.0598. The second-order valence-corrected chi connectivity index (χ2v) is 5.25. The molecule has 110 valence electrons. The number of aliphatic hydroxyl groups is 1. The molecule has 1 N–H and O–H groups in total. The van der Waals surface area contributed by atoms with Gasteiger partial charge in [0.05, 0.1) is 18.3 Å². The van der Waals surface area contributed by atoms with Crippen LogP contribution in [-0.4, -0.2) is 36.5 Å². The Labute approximate surface area is 115 Å². The first kappa shape index (κ1) is 16.2. The van der Waals surface area contributed by atoms with E-state index in [-0.39, 0.29) is 18.2 Å². The number of esters is 1. The molecule has 1 heterocycles. The van der Waals surface area contributed by atoms with Gasteiger partial charge in [0, 0.05) is 13.2 Å². The van der Waals surface area contributed by atoms with Crippen molar-refractivity contribution in [2.24, 2.45) is 0 Å². The van der Waals surface area contributed by atoms with E-state index in [1.165, 1.54) is 12.2 Å². The molecular formula is C15H26O4. The van der Waals surface area contributed by atoms with E-state index in [0.29, 0.717) is 6.42 Å². The van der Waals surface area contributed by atoms with Crippen molar-refractivity contribution in [2.45, 2.75) is 70.2 Å². The predicted molar refractivity (Wildman–Crippen MR) is 73.8 cm³/mol. The van der Waals surface area contributed by atoms with Crippen LogP contribution in [0.15, 0.2) is 12.2 Å². The molecule has 0 aromatic carbocycles. The van der Waals surface area contributed by atoms with Crippen LogP contribution in [0.25, 0.3) is 0 Å². The topological polar surface area (TPSA) is 55.8 Å². The van der Waals surface area contributed by atoms with Gasteiger partial charge in [0.15, 0.2) is 0 Å². The van der Waals surface area contributed by atoms with Crippen LogP contribution in [0.2, 0.25) is 0 Å². The number of carbonyl (C=O) groups excluding carboxylic acids is 1. The molecule has 0 aromatic rings. The third-order valence-electron chi connectivity index (χ3n) is 3.53. The summed E-state index contributed by atoms with van der Waals surface area (Å²) in [5.41, 5.74) is 0. The Balaban J connectivity index is 2.54. The van der Waals surface area contributed by atoms with Gasteiger partial charge in [0.2, 0.25) is 0 Å². The summed E-state index contributed by atoms with van der Waals surface area (Å²) >= 11 is 0. The molecule has 1 aliphatic heterocycles. The van der Waals surface area contributed by atoms with E-state index in [2.05, 4.69) is 0 Å². The van der Waals surface area contributed by atoms with Gasteiger partial charge in [0.25, 0.3) is 0 Å². The zero-order valence-electron chi connectivity index (χ0n) is 12.0.